The monoisotopic (exact) mass is 199 g/mol. The fourth-order valence-electron chi connectivity index (χ4n) is 1.11. The third kappa shape index (κ3) is 4.65. The second-order valence-electron chi connectivity index (χ2n) is 2.75. The first-order valence-corrected chi connectivity index (χ1v) is 5.38. The summed E-state index contributed by atoms with van der Waals surface area (Å²) >= 11 is 0. The molecule has 1 N–H and O–H groups in total. The molecule has 13 heavy (non-hydrogen) atoms. The molecule has 0 aliphatic carbocycles. The zero-order valence-corrected chi connectivity index (χ0v) is 8.17. The molecule has 0 heterocycles. The Morgan fingerprint density at radius 2 is 1.85 bits per heavy atom. The van der Waals surface area contributed by atoms with Gasteiger partial charge in [0.15, 0.2) is 0 Å². The van der Waals surface area contributed by atoms with E-state index in [1.54, 1.807) is 0 Å². The molecular formula is C9H13NO2S. The van der Waals surface area contributed by atoms with Crippen molar-refractivity contribution in [2.75, 3.05) is 6.54 Å². The highest BCUT2D eigenvalue weighted by atomic mass is 32.2. The van der Waals surface area contributed by atoms with Crippen molar-refractivity contribution in [2.24, 2.45) is 0 Å². The standard InChI is InChI=1S/C9H13NO2S/c11-13(12)10-8-4-7-9-5-2-1-3-6-9/h1-3,5-6,13H,4,7-8H2,(H,10,11,12). The van der Waals surface area contributed by atoms with E-state index in [1.807, 2.05) is 30.3 Å². The van der Waals surface area contributed by atoms with Crippen LogP contribution in [0.3, 0.4) is 0 Å². The predicted octanol–water partition coefficient (Wildman–Crippen LogP) is 0.735. The largest absolute Gasteiger partial charge is 0.218 e. The second kappa shape index (κ2) is 5.72. The topological polar surface area (TPSA) is 46.2 Å². The summed E-state index contributed by atoms with van der Waals surface area (Å²) in [6.45, 7) is 0.521. The Bertz CT molecular complexity index is 301. The lowest BCUT2D eigenvalue weighted by Crippen LogP contribution is -2.12. The van der Waals surface area contributed by atoms with Gasteiger partial charge in [0.1, 0.15) is 0 Å². The molecule has 3 nitrogen and oxygen atoms in total. The summed E-state index contributed by atoms with van der Waals surface area (Å²) in [5.41, 5.74) is 1.24. The van der Waals surface area contributed by atoms with Crippen molar-refractivity contribution < 1.29 is 8.42 Å². The molecule has 0 radical (unpaired) electrons. The lowest BCUT2D eigenvalue weighted by molar-refractivity contribution is 0.599. The van der Waals surface area contributed by atoms with E-state index >= 15 is 0 Å². The summed E-state index contributed by atoms with van der Waals surface area (Å²) in [4.78, 5) is 0. The Morgan fingerprint density at radius 1 is 1.15 bits per heavy atom. The number of hydrogen-bond acceptors (Lipinski definition) is 2. The highest BCUT2D eigenvalue weighted by Gasteiger charge is 1.91. The second-order valence-corrected chi connectivity index (χ2v) is 3.58. The number of nitrogens with one attached hydrogen (secondary N) is 1. The van der Waals surface area contributed by atoms with Gasteiger partial charge in [-0.15, -0.1) is 0 Å². The van der Waals surface area contributed by atoms with Crippen LogP contribution < -0.4 is 4.72 Å². The molecular weight excluding hydrogens is 186 g/mol. The molecule has 0 bridgehead atoms. The summed E-state index contributed by atoms with van der Waals surface area (Å²) in [5.74, 6) is 0. The Labute approximate surface area is 79.9 Å². The average molecular weight is 199 g/mol. The van der Waals surface area contributed by atoms with Crippen LogP contribution in [-0.2, 0) is 17.3 Å². The molecule has 0 spiro atoms. The molecule has 0 aliphatic rings. The van der Waals surface area contributed by atoms with Crippen LogP contribution in [0.5, 0.6) is 0 Å². The zero-order valence-electron chi connectivity index (χ0n) is 7.27. The molecule has 1 aromatic carbocycles. The molecule has 0 aliphatic heterocycles. The van der Waals surface area contributed by atoms with Gasteiger partial charge in [-0.25, -0.2) is 13.1 Å². The van der Waals surface area contributed by atoms with E-state index in [-0.39, 0.29) is 0 Å². The van der Waals surface area contributed by atoms with E-state index < -0.39 is 10.9 Å². The zero-order chi connectivity index (χ0) is 9.52. The molecule has 0 saturated heterocycles. The summed E-state index contributed by atoms with van der Waals surface area (Å²) in [6.07, 6.45) is 1.75. The third-order valence-electron chi connectivity index (χ3n) is 1.73. The number of hydrogen-bond donors (Lipinski definition) is 2. The van der Waals surface area contributed by atoms with E-state index in [4.69, 9.17) is 0 Å². The molecule has 0 aromatic heterocycles. The predicted molar refractivity (Wildman–Crippen MR) is 53.1 cm³/mol. The van der Waals surface area contributed by atoms with E-state index in [0.717, 1.165) is 12.8 Å². The first-order chi connectivity index (χ1) is 6.29. The van der Waals surface area contributed by atoms with Crippen LogP contribution in [0.2, 0.25) is 0 Å². The van der Waals surface area contributed by atoms with Gasteiger partial charge in [0.2, 0.25) is 10.9 Å². The molecule has 0 amide bonds. The lowest BCUT2D eigenvalue weighted by atomic mass is 10.1. The number of aryl methyl sites for hydroxylation is 1. The van der Waals surface area contributed by atoms with Gasteiger partial charge in [-0.2, -0.15) is 0 Å². The van der Waals surface area contributed by atoms with Crippen molar-refractivity contribution in [3.8, 4) is 0 Å². The van der Waals surface area contributed by atoms with Gasteiger partial charge in [0, 0.05) is 6.54 Å². The minimum absolute atomic E-state index is 0.521. The molecule has 1 rings (SSSR count). The van der Waals surface area contributed by atoms with Crippen molar-refractivity contribution in [1.29, 1.82) is 0 Å². The maximum Gasteiger partial charge on any atom is 0.201 e. The van der Waals surface area contributed by atoms with Gasteiger partial charge in [0.25, 0.3) is 0 Å². The summed E-state index contributed by atoms with van der Waals surface area (Å²) in [7, 11) is -2.43. The van der Waals surface area contributed by atoms with Gasteiger partial charge in [0.05, 0.1) is 0 Å². The normalized spacial score (nSPS) is 10.5. The summed E-state index contributed by atoms with van der Waals surface area (Å²) in [6, 6.07) is 10.0. The molecule has 0 saturated carbocycles. The fraction of sp³-hybridized carbons (Fsp3) is 0.333. The van der Waals surface area contributed by atoms with Gasteiger partial charge in [-0.3, -0.25) is 0 Å². The average Bonchev–Trinajstić information content (AvgIpc) is 2.14. The van der Waals surface area contributed by atoms with Crippen LogP contribution >= 0.6 is 0 Å². The highest BCUT2D eigenvalue weighted by molar-refractivity contribution is 7.70. The Balaban J connectivity index is 2.20. The Hall–Kier alpha value is -0.870. The van der Waals surface area contributed by atoms with Gasteiger partial charge < -0.3 is 0 Å². The van der Waals surface area contributed by atoms with Crippen LogP contribution in [0.15, 0.2) is 30.3 Å². The Kier molecular flexibility index (Phi) is 4.49. The summed E-state index contributed by atoms with van der Waals surface area (Å²) in [5, 5.41) is 0. The van der Waals surface area contributed by atoms with E-state index in [2.05, 4.69) is 4.72 Å². The lowest BCUT2D eigenvalue weighted by Gasteiger charge is -1.99. The van der Waals surface area contributed by atoms with Crippen LogP contribution in [-0.4, -0.2) is 15.0 Å². The maximum atomic E-state index is 10.1. The molecule has 0 unspecified atom stereocenters. The van der Waals surface area contributed by atoms with E-state index in [9.17, 15) is 8.42 Å². The third-order valence-corrected chi connectivity index (χ3v) is 2.21. The quantitative estimate of drug-likeness (QED) is 0.542. The Morgan fingerprint density at radius 3 is 2.46 bits per heavy atom. The van der Waals surface area contributed by atoms with Crippen molar-refractivity contribution >= 4 is 10.9 Å². The minimum Gasteiger partial charge on any atom is -0.218 e. The van der Waals surface area contributed by atoms with Crippen LogP contribution in [0.4, 0.5) is 0 Å². The molecule has 1 aromatic rings. The molecule has 72 valence electrons. The van der Waals surface area contributed by atoms with E-state index in [0.29, 0.717) is 6.54 Å². The first kappa shape index (κ1) is 10.2. The molecule has 0 atom stereocenters. The SMILES string of the molecule is O=[SH](=O)NCCCc1ccccc1. The van der Waals surface area contributed by atoms with Crippen LogP contribution in [0, 0.1) is 0 Å². The minimum atomic E-state index is -2.43. The van der Waals surface area contributed by atoms with Crippen LogP contribution in [0.25, 0.3) is 0 Å². The number of benzene rings is 1. The van der Waals surface area contributed by atoms with Crippen molar-refractivity contribution in [2.45, 2.75) is 12.8 Å². The van der Waals surface area contributed by atoms with Crippen molar-refractivity contribution in [3.05, 3.63) is 35.9 Å². The molecule has 0 fully saturated rings. The van der Waals surface area contributed by atoms with Gasteiger partial charge in [-0.05, 0) is 18.4 Å². The first-order valence-electron chi connectivity index (χ1n) is 4.21. The number of thiol groups is 1. The highest BCUT2D eigenvalue weighted by Crippen LogP contribution is 2.00. The smallest absolute Gasteiger partial charge is 0.201 e. The van der Waals surface area contributed by atoms with Gasteiger partial charge >= 0.3 is 0 Å². The van der Waals surface area contributed by atoms with Crippen LogP contribution in [0.1, 0.15) is 12.0 Å². The van der Waals surface area contributed by atoms with E-state index in [1.165, 1.54) is 5.56 Å². The fourth-order valence-corrected chi connectivity index (χ4v) is 1.45. The summed E-state index contributed by atoms with van der Waals surface area (Å²) < 4.78 is 22.6. The number of rotatable bonds is 5. The molecule has 4 heteroatoms. The van der Waals surface area contributed by atoms with Crippen molar-refractivity contribution in [3.63, 3.8) is 0 Å². The van der Waals surface area contributed by atoms with Gasteiger partial charge in [-0.1, -0.05) is 30.3 Å². The maximum absolute atomic E-state index is 10.1. The van der Waals surface area contributed by atoms with Crippen molar-refractivity contribution in [1.82, 2.24) is 4.72 Å².